The largest absolute Gasteiger partial charge is 0.383 e. The second-order valence-electron chi connectivity index (χ2n) is 5.84. The molecule has 7 heteroatoms. The van der Waals surface area contributed by atoms with Crippen molar-refractivity contribution in [2.45, 2.75) is 6.92 Å². The predicted octanol–water partition coefficient (Wildman–Crippen LogP) is 3.18. The molecule has 0 atom stereocenters. The van der Waals surface area contributed by atoms with Crippen molar-refractivity contribution in [1.29, 1.82) is 0 Å². The lowest BCUT2D eigenvalue weighted by Crippen LogP contribution is -2.33. The van der Waals surface area contributed by atoms with Crippen molar-refractivity contribution < 1.29 is 14.3 Å². The van der Waals surface area contributed by atoms with Crippen LogP contribution in [0.15, 0.2) is 48.5 Å². The summed E-state index contributed by atoms with van der Waals surface area (Å²) < 4.78 is 4.89. The Labute approximate surface area is 164 Å². The van der Waals surface area contributed by atoms with Crippen molar-refractivity contribution in [3.05, 3.63) is 59.1 Å². The second-order valence-corrected chi connectivity index (χ2v) is 6.25. The number of carbonyl (C=O) groups is 2. The van der Waals surface area contributed by atoms with Gasteiger partial charge in [-0.2, -0.15) is 0 Å². The zero-order chi connectivity index (χ0) is 19.6. The Morgan fingerprint density at radius 1 is 1.15 bits per heavy atom. The Morgan fingerprint density at radius 3 is 2.52 bits per heavy atom. The van der Waals surface area contributed by atoms with Gasteiger partial charge in [0, 0.05) is 31.6 Å². The van der Waals surface area contributed by atoms with E-state index in [1.165, 1.54) is 0 Å². The van der Waals surface area contributed by atoms with E-state index >= 15 is 0 Å². The lowest BCUT2D eigenvalue weighted by atomic mass is 10.2. The summed E-state index contributed by atoms with van der Waals surface area (Å²) in [6.07, 6.45) is 0. The lowest BCUT2D eigenvalue weighted by molar-refractivity contribution is -0.115. The van der Waals surface area contributed by atoms with E-state index in [9.17, 15) is 9.59 Å². The molecule has 0 unspecified atom stereocenters. The van der Waals surface area contributed by atoms with Crippen molar-refractivity contribution in [3.63, 3.8) is 0 Å². The summed E-state index contributed by atoms with van der Waals surface area (Å²) in [5.41, 5.74) is 1.88. The Kier molecular flexibility index (Phi) is 8.10. The summed E-state index contributed by atoms with van der Waals surface area (Å²) in [5.74, 6) is -0.440. The number of nitrogens with zero attached hydrogens (tertiary/aromatic N) is 1. The van der Waals surface area contributed by atoms with Gasteiger partial charge in [-0.15, -0.1) is 0 Å². The molecule has 0 radical (unpaired) electrons. The van der Waals surface area contributed by atoms with Gasteiger partial charge in [0.2, 0.25) is 5.91 Å². The van der Waals surface area contributed by atoms with Crippen molar-refractivity contribution >= 4 is 34.8 Å². The minimum absolute atomic E-state index is 0.158. The number of amides is 2. The minimum Gasteiger partial charge on any atom is -0.383 e. The maximum atomic E-state index is 12.4. The van der Waals surface area contributed by atoms with Crippen molar-refractivity contribution in [2.24, 2.45) is 0 Å². The molecule has 0 aliphatic carbocycles. The molecule has 2 aromatic rings. The number of ether oxygens (including phenoxy) is 1. The Bertz CT molecular complexity index is 768. The summed E-state index contributed by atoms with van der Waals surface area (Å²) >= 11 is 6.20. The minimum atomic E-state index is -0.281. The predicted molar refractivity (Wildman–Crippen MR) is 109 cm³/mol. The summed E-state index contributed by atoms with van der Waals surface area (Å²) in [6, 6.07) is 14.6. The number of methoxy groups -OCH3 is 1. The number of rotatable bonds is 9. The van der Waals surface area contributed by atoms with Gasteiger partial charge in [0.1, 0.15) is 0 Å². The highest BCUT2D eigenvalue weighted by Crippen LogP contribution is 2.21. The van der Waals surface area contributed by atoms with Crippen LogP contribution in [0.5, 0.6) is 0 Å². The van der Waals surface area contributed by atoms with E-state index in [4.69, 9.17) is 16.3 Å². The molecular weight excluding hydrogens is 366 g/mol. The van der Waals surface area contributed by atoms with Crippen LogP contribution in [0.1, 0.15) is 17.3 Å². The average molecular weight is 390 g/mol. The smallest absolute Gasteiger partial charge is 0.252 e. The molecule has 6 nitrogen and oxygen atoms in total. The van der Waals surface area contributed by atoms with Gasteiger partial charge in [0.05, 0.1) is 23.7 Å². The summed E-state index contributed by atoms with van der Waals surface area (Å²) in [4.78, 5) is 26.4. The molecule has 0 aliphatic heterocycles. The van der Waals surface area contributed by atoms with Crippen molar-refractivity contribution in [3.8, 4) is 0 Å². The Hall–Kier alpha value is -2.57. The molecule has 0 saturated carbocycles. The Morgan fingerprint density at radius 2 is 1.89 bits per heavy atom. The lowest BCUT2D eigenvalue weighted by Gasteiger charge is -2.22. The van der Waals surface area contributed by atoms with Gasteiger partial charge in [0.25, 0.3) is 5.91 Å². The zero-order valence-electron chi connectivity index (χ0n) is 15.5. The number of hydrogen-bond acceptors (Lipinski definition) is 4. The first-order valence-corrected chi connectivity index (χ1v) is 9.09. The number of anilines is 2. The SMILES string of the molecule is CCN(CC(=O)Nc1ccc(C(=O)NCCOC)c(Cl)c1)c1ccccc1. The standard InChI is InChI=1S/C20H24ClN3O3/c1-3-24(16-7-5-4-6-8-16)14-19(25)23-15-9-10-17(18(21)13-15)20(26)22-11-12-27-2/h4-10,13H,3,11-12,14H2,1-2H3,(H,22,26)(H,23,25). The van der Waals surface area contributed by atoms with Crippen LogP contribution in [0, 0.1) is 0 Å². The van der Waals surface area contributed by atoms with E-state index in [2.05, 4.69) is 10.6 Å². The van der Waals surface area contributed by atoms with Crippen molar-refractivity contribution in [1.82, 2.24) is 5.32 Å². The molecule has 2 aromatic carbocycles. The molecule has 0 bridgehead atoms. The average Bonchev–Trinajstić information content (AvgIpc) is 2.67. The van der Waals surface area contributed by atoms with Gasteiger partial charge in [-0.25, -0.2) is 0 Å². The van der Waals surface area contributed by atoms with Crippen molar-refractivity contribution in [2.75, 3.05) is 43.6 Å². The summed E-state index contributed by atoms with van der Waals surface area (Å²) in [7, 11) is 1.56. The van der Waals surface area contributed by atoms with Crippen LogP contribution in [0.2, 0.25) is 5.02 Å². The first kappa shape index (κ1) is 20.7. The number of hydrogen-bond donors (Lipinski definition) is 2. The van der Waals surface area contributed by atoms with Gasteiger partial charge in [0.15, 0.2) is 0 Å². The molecule has 0 fully saturated rings. The van der Waals surface area contributed by atoms with Crippen LogP contribution >= 0.6 is 11.6 Å². The molecular formula is C20H24ClN3O3. The topological polar surface area (TPSA) is 70.7 Å². The third-order valence-electron chi connectivity index (χ3n) is 3.93. The van der Waals surface area contributed by atoms with E-state index in [1.54, 1.807) is 25.3 Å². The highest BCUT2D eigenvalue weighted by Gasteiger charge is 2.13. The molecule has 0 aliphatic rings. The second kappa shape index (κ2) is 10.5. The molecule has 2 rings (SSSR count). The highest BCUT2D eigenvalue weighted by atomic mass is 35.5. The van der Waals surface area contributed by atoms with Crippen LogP contribution in [-0.2, 0) is 9.53 Å². The third-order valence-corrected chi connectivity index (χ3v) is 4.24. The monoisotopic (exact) mass is 389 g/mol. The molecule has 2 N–H and O–H groups in total. The molecule has 0 saturated heterocycles. The van der Waals surface area contributed by atoms with E-state index < -0.39 is 0 Å². The maximum Gasteiger partial charge on any atom is 0.252 e. The van der Waals surface area contributed by atoms with Crippen LogP contribution in [-0.4, -0.2) is 45.2 Å². The van der Waals surface area contributed by atoms with Gasteiger partial charge in [-0.1, -0.05) is 29.8 Å². The van der Waals surface area contributed by atoms with Crippen LogP contribution in [0.4, 0.5) is 11.4 Å². The zero-order valence-corrected chi connectivity index (χ0v) is 16.3. The fourth-order valence-corrected chi connectivity index (χ4v) is 2.80. The summed E-state index contributed by atoms with van der Waals surface area (Å²) in [6.45, 7) is 3.74. The number of nitrogens with one attached hydrogen (secondary N) is 2. The molecule has 0 spiro atoms. The molecule has 144 valence electrons. The fourth-order valence-electron chi connectivity index (χ4n) is 2.54. The van der Waals surface area contributed by atoms with Crippen LogP contribution in [0.25, 0.3) is 0 Å². The van der Waals surface area contributed by atoms with E-state index in [-0.39, 0.29) is 23.4 Å². The maximum absolute atomic E-state index is 12.4. The van der Waals surface area contributed by atoms with E-state index in [1.807, 2.05) is 42.2 Å². The van der Waals surface area contributed by atoms with Crippen LogP contribution < -0.4 is 15.5 Å². The number of carbonyl (C=O) groups excluding carboxylic acids is 2. The van der Waals surface area contributed by atoms with Gasteiger partial charge in [-0.3, -0.25) is 9.59 Å². The molecule has 27 heavy (non-hydrogen) atoms. The van der Waals surface area contributed by atoms with E-state index in [0.29, 0.717) is 30.9 Å². The third kappa shape index (κ3) is 6.27. The van der Waals surface area contributed by atoms with Gasteiger partial charge in [-0.05, 0) is 37.3 Å². The highest BCUT2D eigenvalue weighted by molar-refractivity contribution is 6.34. The van der Waals surface area contributed by atoms with Crippen LogP contribution in [0.3, 0.4) is 0 Å². The molecule has 0 heterocycles. The summed E-state index contributed by atoms with van der Waals surface area (Å²) in [5, 5.41) is 5.81. The normalized spacial score (nSPS) is 10.3. The number of likely N-dealkylation sites (N-methyl/N-ethyl adjacent to an activating group) is 1. The fraction of sp³-hybridized carbons (Fsp3) is 0.300. The number of benzene rings is 2. The first-order valence-electron chi connectivity index (χ1n) is 8.71. The molecule has 2 amide bonds. The van der Waals surface area contributed by atoms with Gasteiger partial charge >= 0.3 is 0 Å². The van der Waals surface area contributed by atoms with E-state index in [0.717, 1.165) is 5.69 Å². The first-order chi connectivity index (χ1) is 13.0. The van der Waals surface area contributed by atoms with Gasteiger partial charge < -0.3 is 20.3 Å². The quantitative estimate of drug-likeness (QED) is 0.646. The number of para-hydroxylation sites is 1. The molecule has 0 aromatic heterocycles. The Balaban J connectivity index is 1.97. The number of halogens is 1.